The molecule has 1 aromatic carbocycles. The highest BCUT2D eigenvalue weighted by molar-refractivity contribution is 5.98. The van der Waals surface area contributed by atoms with Crippen molar-refractivity contribution in [2.24, 2.45) is 4.99 Å². The third-order valence-corrected chi connectivity index (χ3v) is 2.92. The van der Waals surface area contributed by atoms with Gasteiger partial charge in [0, 0.05) is 11.6 Å². The van der Waals surface area contributed by atoms with Gasteiger partial charge in [-0.3, -0.25) is 4.98 Å². The Kier molecular flexibility index (Phi) is 2.33. The van der Waals surface area contributed by atoms with Gasteiger partial charge >= 0.3 is 0 Å². The lowest BCUT2D eigenvalue weighted by atomic mass is 10.1. The molecule has 0 fully saturated rings. The van der Waals surface area contributed by atoms with Crippen molar-refractivity contribution in [3.63, 3.8) is 0 Å². The maximum atomic E-state index is 14.4. The van der Waals surface area contributed by atoms with Crippen LogP contribution in [0.5, 0.6) is 0 Å². The van der Waals surface area contributed by atoms with Gasteiger partial charge in [0.25, 0.3) is 0 Å². The number of pyridine rings is 1. The number of para-hydroxylation sites is 1. The number of aliphatic imine (C=N–C) groups is 1. The van der Waals surface area contributed by atoms with Crippen molar-refractivity contribution in [2.45, 2.75) is 19.4 Å². The number of benzene rings is 1. The first-order valence-corrected chi connectivity index (χ1v) is 5.84. The van der Waals surface area contributed by atoms with Crippen LogP contribution in [0.25, 0.3) is 10.9 Å². The Morgan fingerprint density at radius 2 is 2.06 bits per heavy atom. The minimum absolute atomic E-state index is 0.322. The molecule has 0 spiro atoms. The van der Waals surface area contributed by atoms with Crippen LogP contribution in [0.3, 0.4) is 0 Å². The number of nitrogens with zero attached hydrogens (tertiary/aromatic N) is 2. The zero-order valence-electron chi connectivity index (χ0n) is 10.3. The van der Waals surface area contributed by atoms with E-state index in [1.54, 1.807) is 18.2 Å². The Labute approximate surface area is 104 Å². The molecule has 1 aromatic heterocycles. The smallest absolute Gasteiger partial charge is 0.221 e. The molecule has 2 aromatic rings. The molecule has 0 N–H and O–H groups in total. The molecule has 3 rings (SSSR count). The molecule has 0 saturated heterocycles. The van der Waals surface area contributed by atoms with Crippen LogP contribution >= 0.6 is 0 Å². The normalized spacial score (nSPS) is 17.6. The number of ether oxygens (including phenoxy) is 1. The predicted molar refractivity (Wildman–Crippen MR) is 68.3 cm³/mol. The maximum Gasteiger partial charge on any atom is 0.221 e. The summed E-state index contributed by atoms with van der Waals surface area (Å²) in [6.07, 6.45) is 1.48. The van der Waals surface area contributed by atoms with Crippen LogP contribution in [0.2, 0.25) is 0 Å². The zero-order chi connectivity index (χ0) is 12.8. The molecule has 1 aliphatic heterocycles. The van der Waals surface area contributed by atoms with Crippen LogP contribution in [0.15, 0.2) is 35.5 Å². The van der Waals surface area contributed by atoms with Crippen molar-refractivity contribution < 1.29 is 9.13 Å². The SMILES string of the molecule is CC1(C)CN=C(c2cnc3ccccc3c2F)O1. The summed E-state index contributed by atoms with van der Waals surface area (Å²) in [4.78, 5) is 8.47. The first-order valence-electron chi connectivity index (χ1n) is 5.84. The van der Waals surface area contributed by atoms with Crippen molar-refractivity contribution in [1.82, 2.24) is 4.98 Å². The van der Waals surface area contributed by atoms with Crippen LogP contribution < -0.4 is 0 Å². The van der Waals surface area contributed by atoms with E-state index in [1.807, 2.05) is 19.9 Å². The molecule has 0 aliphatic carbocycles. The summed E-state index contributed by atoms with van der Waals surface area (Å²) in [5.74, 6) is 0.0211. The van der Waals surface area contributed by atoms with Crippen molar-refractivity contribution in [3.8, 4) is 0 Å². The molecule has 2 heterocycles. The van der Waals surface area contributed by atoms with Gasteiger partial charge in [-0.25, -0.2) is 9.38 Å². The molecule has 4 heteroatoms. The Morgan fingerprint density at radius 1 is 1.28 bits per heavy atom. The molecule has 1 aliphatic rings. The van der Waals surface area contributed by atoms with E-state index in [9.17, 15) is 4.39 Å². The second kappa shape index (κ2) is 3.77. The van der Waals surface area contributed by atoms with Crippen molar-refractivity contribution in [1.29, 1.82) is 0 Å². The molecule has 0 unspecified atom stereocenters. The lowest BCUT2D eigenvalue weighted by Gasteiger charge is -2.17. The van der Waals surface area contributed by atoms with Gasteiger partial charge in [-0.15, -0.1) is 0 Å². The van der Waals surface area contributed by atoms with E-state index in [0.717, 1.165) is 0 Å². The van der Waals surface area contributed by atoms with E-state index in [4.69, 9.17) is 4.74 Å². The Hall–Kier alpha value is -1.97. The molecular formula is C14H13FN2O. The molecule has 18 heavy (non-hydrogen) atoms. The fourth-order valence-corrected chi connectivity index (χ4v) is 1.99. The van der Waals surface area contributed by atoms with Gasteiger partial charge in [0.1, 0.15) is 11.4 Å². The molecule has 0 atom stereocenters. The molecule has 0 amide bonds. The second-order valence-electron chi connectivity index (χ2n) is 4.99. The predicted octanol–water partition coefficient (Wildman–Crippen LogP) is 2.93. The fourth-order valence-electron chi connectivity index (χ4n) is 1.99. The van der Waals surface area contributed by atoms with E-state index in [1.165, 1.54) is 6.20 Å². The van der Waals surface area contributed by atoms with Crippen molar-refractivity contribution in [3.05, 3.63) is 41.8 Å². The standard InChI is InChI=1S/C14H13FN2O/c1-14(2)8-17-13(18-14)10-7-16-11-6-4-3-5-9(11)12(10)15/h3-7H,8H2,1-2H3. The van der Waals surface area contributed by atoms with Crippen LogP contribution in [-0.4, -0.2) is 23.0 Å². The Bertz CT molecular complexity index is 649. The number of fused-ring (bicyclic) bond motifs is 1. The quantitative estimate of drug-likeness (QED) is 0.773. The summed E-state index contributed by atoms with van der Waals surface area (Å²) in [5.41, 5.74) is 0.601. The van der Waals surface area contributed by atoms with E-state index < -0.39 is 0 Å². The topological polar surface area (TPSA) is 34.5 Å². The summed E-state index contributed by atoms with van der Waals surface area (Å²) >= 11 is 0. The van der Waals surface area contributed by atoms with E-state index >= 15 is 0 Å². The molecule has 0 bridgehead atoms. The average molecular weight is 244 g/mol. The van der Waals surface area contributed by atoms with Gasteiger partial charge in [-0.2, -0.15) is 0 Å². The molecular weight excluding hydrogens is 231 g/mol. The zero-order valence-corrected chi connectivity index (χ0v) is 10.3. The third-order valence-electron chi connectivity index (χ3n) is 2.92. The molecule has 3 nitrogen and oxygen atoms in total. The van der Waals surface area contributed by atoms with Crippen LogP contribution in [0.1, 0.15) is 19.4 Å². The highest BCUT2D eigenvalue weighted by atomic mass is 19.1. The Morgan fingerprint density at radius 3 is 2.78 bits per heavy atom. The largest absolute Gasteiger partial charge is 0.469 e. The van der Waals surface area contributed by atoms with Crippen LogP contribution in [-0.2, 0) is 4.74 Å². The van der Waals surface area contributed by atoms with Gasteiger partial charge < -0.3 is 4.74 Å². The first kappa shape index (κ1) is 11.1. The van der Waals surface area contributed by atoms with E-state index in [-0.39, 0.29) is 11.4 Å². The fraction of sp³-hybridized carbons (Fsp3) is 0.286. The summed E-state index contributed by atoms with van der Waals surface area (Å²) in [7, 11) is 0. The highest BCUT2D eigenvalue weighted by Gasteiger charge is 2.30. The molecule has 92 valence electrons. The number of aromatic nitrogens is 1. The van der Waals surface area contributed by atoms with E-state index in [0.29, 0.717) is 28.9 Å². The molecule has 0 saturated carbocycles. The summed E-state index contributed by atoms with van der Waals surface area (Å²) < 4.78 is 20.0. The second-order valence-corrected chi connectivity index (χ2v) is 4.99. The van der Waals surface area contributed by atoms with E-state index in [2.05, 4.69) is 9.98 Å². The Balaban J connectivity index is 2.12. The lowest BCUT2D eigenvalue weighted by molar-refractivity contribution is 0.131. The third kappa shape index (κ3) is 1.74. The minimum Gasteiger partial charge on any atom is -0.469 e. The maximum absolute atomic E-state index is 14.4. The lowest BCUT2D eigenvalue weighted by Crippen LogP contribution is -2.24. The van der Waals surface area contributed by atoms with Crippen LogP contribution in [0.4, 0.5) is 4.39 Å². The average Bonchev–Trinajstić information content (AvgIpc) is 2.70. The summed E-state index contributed by atoms with van der Waals surface area (Å²) in [6, 6.07) is 7.12. The minimum atomic E-state index is -0.368. The number of rotatable bonds is 1. The van der Waals surface area contributed by atoms with Crippen molar-refractivity contribution in [2.75, 3.05) is 6.54 Å². The molecule has 0 radical (unpaired) electrons. The van der Waals surface area contributed by atoms with Gasteiger partial charge in [-0.1, -0.05) is 12.1 Å². The van der Waals surface area contributed by atoms with Crippen LogP contribution in [0, 0.1) is 5.82 Å². The van der Waals surface area contributed by atoms with Gasteiger partial charge in [0.2, 0.25) is 5.90 Å². The summed E-state index contributed by atoms with van der Waals surface area (Å²) in [6.45, 7) is 4.39. The van der Waals surface area contributed by atoms with Gasteiger partial charge in [0.15, 0.2) is 0 Å². The number of halogens is 1. The van der Waals surface area contributed by atoms with Gasteiger partial charge in [0.05, 0.1) is 17.6 Å². The number of hydrogen-bond donors (Lipinski definition) is 0. The number of hydrogen-bond acceptors (Lipinski definition) is 3. The summed E-state index contributed by atoms with van der Waals surface area (Å²) in [5, 5.41) is 0.492. The first-order chi connectivity index (χ1) is 8.57. The van der Waals surface area contributed by atoms with Crippen molar-refractivity contribution >= 4 is 16.8 Å². The monoisotopic (exact) mass is 244 g/mol. The van der Waals surface area contributed by atoms with Gasteiger partial charge in [-0.05, 0) is 26.0 Å². The highest BCUT2D eigenvalue weighted by Crippen LogP contribution is 2.25.